The van der Waals surface area contributed by atoms with Crippen molar-refractivity contribution in [3.8, 4) is 0 Å². The summed E-state index contributed by atoms with van der Waals surface area (Å²) in [5, 5.41) is 88.3. The second-order valence-corrected chi connectivity index (χ2v) is 20.3. The van der Waals surface area contributed by atoms with Gasteiger partial charge in [-0.05, 0) is 73.5 Å². The van der Waals surface area contributed by atoms with Crippen LogP contribution in [0.15, 0.2) is 23.8 Å². The van der Waals surface area contributed by atoms with Gasteiger partial charge < -0.3 is 98.3 Å². The highest BCUT2D eigenvalue weighted by atomic mass is 16.7. The molecule has 0 bridgehead atoms. The van der Waals surface area contributed by atoms with Crippen molar-refractivity contribution in [2.24, 2.45) is 23.7 Å². The molecule has 3 fully saturated rings. The zero-order valence-corrected chi connectivity index (χ0v) is 44.4. The molecule has 0 aliphatic carbocycles. The van der Waals surface area contributed by atoms with Crippen LogP contribution in [-0.4, -0.2) is 232 Å². The van der Waals surface area contributed by atoms with Crippen LogP contribution in [0.3, 0.4) is 0 Å². The van der Waals surface area contributed by atoms with Gasteiger partial charge in [-0.15, -0.1) is 0 Å². The van der Waals surface area contributed by atoms with Crippen LogP contribution in [0.4, 0.5) is 0 Å². The molecule has 24 nitrogen and oxygen atoms in total. The van der Waals surface area contributed by atoms with E-state index in [2.05, 4.69) is 0 Å². The first-order chi connectivity index (χ1) is 34.5. The van der Waals surface area contributed by atoms with Gasteiger partial charge in [0.1, 0.15) is 49.0 Å². The van der Waals surface area contributed by atoms with E-state index in [1.54, 1.807) is 59.7 Å². The summed E-state index contributed by atoms with van der Waals surface area (Å²) in [5.74, 6) is -7.13. The van der Waals surface area contributed by atoms with Gasteiger partial charge in [-0.25, -0.2) is 9.59 Å². The summed E-state index contributed by atoms with van der Waals surface area (Å²) in [6.45, 7) is 13.6. The largest absolute Gasteiger partial charge is 0.479 e. The van der Waals surface area contributed by atoms with Gasteiger partial charge in [-0.1, -0.05) is 38.5 Å². The molecular formula is C50H83NO23. The topological polar surface area (TPSA) is 354 Å². The summed E-state index contributed by atoms with van der Waals surface area (Å²) in [6.07, 6.45) is -13.0. The number of methoxy groups -OCH3 is 2. The molecule has 0 aromatic heterocycles. The van der Waals surface area contributed by atoms with Crippen LogP contribution in [0.2, 0.25) is 0 Å². The van der Waals surface area contributed by atoms with E-state index in [4.69, 9.17) is 63.1 Å². The number of nitrogens with zero attached hydrogens (tertiary/aromatic N) is 1. The lowest BCUT2D eigenvalue weighted by atomic mass is 9.79. The molecule has 0 aromatic carbocycles. The molecular weight excluding hydrogens is 983 g/mol. The number of hydrogen-bond donors (Lipinski definition) is 9. The van der Waals surface area contributed by atoms with Crippen molar-refractivity contribution in [3.63, 3.8) is 0 Å². The Labute approximate surface area is 432 Å². The van der Waals surface area contributed by atoms with E-state index >= 15 is 0 Å². The molecule has 4 aliphatic heterocycles. The summed E-state index contributed by atoms with van der Waals surface area (Å²) in [5.41, 5.74) is -0.806. The molecule has 0 amide bonds. The zero-order chi connectivity index (χ0) is 56.1. The first kappa shape index (κ1) is 64.9. The highest BCUT2D eigenvalue weighted by Gasteiger charge is 2.52. The van der Waals surface area contributed by atoms with Crippen LogP contribution >= 0.6 is 0 Å². The van der Waals surface area contributed by atoms with Gasteiger partial charge in [0.15, 0.2) is 36.9 Å². The number of carbonyl (C=O) groups excluding carboxylic acids is 3. The first-order valence-corrected chi connectivity index (χ1v) is 25.0. The molecule has 74 heavy (non-hydrogen) atoms. The normalized spacial score (nSPS) is 41.9. The van der Waals surface area contributed by atoms with E-state index in [0.717, 1.165) is 6.29 Å². The number of carboxylic acid groups (broad SMARTS) is 2. The maximum atomic E-state index is 13.8. The van der Waals surface area contributed by atoms with Crippen molar-refractivity contribution in [1.29, 1.82) is 0 Å². The number of aliphatic carboxylic acids is 2. The van der Waals surface area contributed by atoms with E-state index in [1.165, 1.54) is 27.2 Å². The number of rotatable bonds is 16. The standard InChI is InChI=1S/C46H77NO17.C4H6O6/c1-13-33-30(22-58-45-42(57-12)41(56-11)37(52)26(5)60-45)18-23(2)14-15-31(49)24(3)19-29(16-17-48)39(25(4)32(50)20-34(51)62-33)64-44-38(53)36(47(9)10)40(27(6)61-44)63-35-21-46(8,55)43(54)28(7)59-35;5-1(3(7)8)2(6)4(9)10/h14-15,17-18,24-30,32-33,35-45,50,52-55H,13,16,19-22H2,1-12H3;1-2,5-6H,(H,7,8)(H,9,10)/b15-14+,23-18-;/t24-,25+,26-,27-,28+,29+,30-,32-,33?,35+,36-,37-,38-,39?,40-,41-,42-,43+,44+,45-,46-;/m0./s1. The highest BCUT2D eigenvalue weighted by Crippen LogP contribution is 2.37. The van der Waals surface area contributed by atoms with Gasteiger partial charge in [-0.3, -0.25) is 9.59 Å². The predicted octanol–water partition coefficient (Wildman–Crippen LogP) is -0.289. The SMILES string of the molecule is CCC1OC(=O)C[C@H](O)[C@@H](C)C(O[C@H]2O[C@@H](C)[C@H](O[C@@H]3C[C@](C)(O)[C@H](O)[C@@H](C)O3)[C@@H](N(C)C)[C@@H]2O)[C@H](CC=O)C[C@H](C)C(=O)/C=C/C(C)=C\[C@H]1CO[C@H]1O[C@@H](C)[C@H](O)[C@H](OC)[C@@H]1OC.O=C(O)C(O)C(O)C(=O)O. The van der Waals surface area contributed by atoms with Gasteiger partial charge in [0.2, 0.25) is 0 Å². The molecule has 4 aliphatic rings. The van der Waals surface area contributed by atoms with E-state index < -0.39 is 164 Å². The second-order valence-electron chi connectivity index (χ2n) is 20.3. The van der Waals surface area contributed by atoms with Crippen LogP contribution in [0.1, 0.15) is 87.5 Å². The molecule has 23 atom stereocenters. The monoisotopic (exact) mass is 1070 g/mol. The van der Waals surface area contributed by atoms with E-state index in [9.17, 15) is 49.5 Å². The number of ketones is 1. The minimum Gasteiger partial charge on any atom is -0.479 e. The fourth-order valence-corrected chi connectivity index (χ4v) is 9.78. The molecule has 0 saturated carbocycles. The number of carbonyl (C=O) groups is 5. The van der Waals surface area contributed by atoms with E-state index in [0.29, 0.717) is 12.0 Å². The number of aliphatic hydroxyl groups excluding tert-OH is 6. The zero-order valence-electron chi connectivity index (χ0n) is 44.4. The number of allylic oxidation sites excluding steroid dienone is 3. The molecule has 4 rings (SSSR count). The van der Waals surface area contributed by atoms with Crippen LogP contribution in [0.5, 0.6) is 0 Å². The number of aliphatic hydroxyl groups is 7. The van der Waals surface area contributed by atoms with Crippen molar-refractivity contribution < 1.29 is 113 Å². The number of aldehydes is 1. The van der Waals surface area contributed by atoms with Gasteiger partial charge >= 0.3 is 17.9 Å². The second kappa shape index (κ2) is 29.4. The third-order valence-corrected chi connectivity index (χ3v) is 14.2. The summed E-state index contributed by atoms with van der Waals surface area (Å²) in [6, 6.07) is -0.748. The highest BCUT2D eigenvalue weighted by molar-refractivity contribution is 5.91. The smallest absolute Gasteiger partial charge is 0.335 e. The molecule has 426 valence electrons. The minimum absolute atomic E-state index is 0.00788. The number of cyclic esters (lactones) is 1. The average molecular weight is 1070 g/mol. The van der Waals surface area contributed by atoms with Crippen molar-refractivity contribution in [2.75, 3.05) is 34.9 Å². The number of ether oxygens (including phenoxy) is 9. The van der Waals surface area contributed by atoms with Crippen molar-refractivity contribution in [1.82, 2.24) is 4.90 Å². The summed E-state index contributed by atoms with van der Waals surface area (Å²) < 4.78 is 54.7. The number of likely N-dealkylation sites (N-methyl/N-ethyl adjacent to an activating group) is 1. The Morgan fingerprint density at radius 2 is 1.43 bits per heavy atom. The number of esters is 1. The Morgan fingerprint density at radius 1 is 0.838 bits per heavy atom. The molecule has 4 heterocycles. The van der Waals surface area contributed by atoms with Crippen molar-refractivity contribution in [2.45, 2.75) is 203 Å². The minimum atomic E-state index is -2.27. The van der Waals surface area contributed by atoms with Gasteiger partial charge in [0.05, 0.1) is 55.2 Å². The Bertz CT molecular complexity index is 1850. The molecule has 24 heteroatoms. The molecule has 9 N–H and O–H groups in total. The molecule has 0 radical (unpaired) electrons. The molecule has 0 spiro atoms. The van der Waals surface area contributed by atoms with Crippen LogP contribution in [-0.2, 0) is 66.6 Å². The predicted molar refractivity (Wildman–Crippen MR) is 258 cm³/mol. The summed E-state index contributed by atoms with van der Waals surface area (Å²) in [4.78, 5) is 61.1. The third kappa shape index (κ3) is 17.3. The lowest BCUT2D eigenvalue weighted by Gasteiger charge is -2.50. The van der Waals surface area contributed by atoms with E-state index in [1.807, 2.05) is 19.9 Å². The van der Waals surface area contributed by atoms with Gasteiger partial charge in [0, 0.05) is 44.8 Å². The van der Waals surface area contributed by atoms with Gasteiger partial charge in [0.25, 0.3) is 0 Å². The molecule has 0 aromatic rings. The third-order valence-electron chi connectivity index (χ3n) is 14.2. The quantitative estimate of drug-likeness (QED) is 0.0708. The van der Waals surface area contributed by atoms with Gasteiger partial charge in [-0.2, -0.15) is 0 Å². The van der Waals surface area contributed by atoms with Crippen molar-refractivity contribution >= 4 is 30.0 Å². The Morgan fingerprint density at radius 3 is 1.96 bits per heavy atom. The summed E-state index contributed by atoms with van der Waals surface area (Å²) >= 11 is 0. The average Bonchev–Trinajstić information content (AvgIpc) is 3.33. The fraction of sp³-hybridized carbons (Fsp3) is 0.820. The molecule has 3 saturated heterocycles. The van der Waals surface area contributed by atoms with Crippen molar-refractivity contribution in [3.05, 3.63) is 23.8 Å². The fourth-order valence-electron chi connectivity index (χ4n) is 9.78. The number of carboxylic acids is 2. The maximum Gasteiger partial charge on any atom is 0.335 e. The number of hydrogen-bond acceptors (Lipinski definition) is 22. The first-order valence-electron chi connectivity index (χ1n) is 25.0. The van der Waals surface area contributed by atoms with Crippen LogP contribution < -0.4 is 0 Å². The van der Waals surface area contributed by atoms with E-state index in [-0.39, 0.29) is 31.7 Å². The Balaban J connectivity index is 0.00000130. The lowest BCUT2D eigenvalue weighted by molar-refractivity contribution is -0.341. The Kier molecular flexibility index (Phi) is 25.7. The maximum absolute atomic E-state index is 13.8. The summed E-state index contributed by atoms with van der Waals surface area (Å²) in [7, 11) is 6.43. The molecule has 4 unspecified atom stereocenters. The Hall–Kier alpha value is -3.41. The van der Waals surface area contributed by atoms with Crippen LogP contribution in [0, 0.1) is 23.7 Å². The van der Waals surface area contributed by atoms with Crippen LogP contribution in [0.25, 0.3) is 0 Å². The lowest BCUT2D eigenvalue weighted by Crippen LogP contribution is -2.65.